The molecule has 1 N–H and O–H groups in total. The summed E-state index contributed by atoms with van der Waals surface area (Å²) in [5.41, 5.74) is 0.635. The van der Waals surface area contributed by atoms with Crippen molar-refractivity contribution in [3.05, 3.63) is 62.7 Å². The van der Waals surface area contributed by atoms with Gasteiger partial charge in [-0.25, -0.2) is 13.2 Å². The Balaban J connectivity index is 1.55. The van der Waals surface area contributed by atoms with Crippen molar-refractivity contribution < 1.29 is 27.8 Å². The molecule has 1 aromatic carbocycles. The van der Waals surface area contributed by atoms with E-state index in [1.54, 1.807) is 24.2 Å². The van der Waals surface area contributed by atoms with E-state index in [9.17, 15) is 23.1 Å². The third kappa shape index (κ3) is 4.35. The molecule has 1 saturated carbocycles. The van der Waals surface area contributed by atoms with Gasteiger partial charge in [0, 0.05) is 36.5 Å². The van der Waals surface area contributed by atoms with Gasteiger partial charge in [0.2, 0.25) is 0 Å². The number of carboxylic acids is 1. The standard InChI is InChI=1S/C23H22ClN3O7S/c1-33-5-4-26-10-13(9-25-26)11-34-19-8-20-16(7-18(19)24)21-14(12-35(20,31)32)6-17(23(29)30)22(28)27(21)15-2-3-15/h6-10,15H,2-5,11-12H2,1H3,(H,29,30). The molecule has 0 amide bonds. The molecule has 35 heavy (non-hydrogen) atoms. The summed E-state index contributed by atoms with van der Waals surface area (Å²) in [6, 6.07) is 3.84. The smallest absolute Gasteiger partial charge is 0.341 e. The highest BCUT2D eigenvalue weighted by Crippen LogP contribution is 2.46. The number of nitrogens with zero attached hydrogens (tertiary/aromatic N) is 3. The van der Waals surface area contributed by atoms with Crippen molar-refractivity contribution in [3.63, 3.8) is 0 Å². The van der Waals surface area contributed by atoms with Crippen molar-refractivity contribution >= 4 is 27.4 Å². The normalized spacial score (nSPS) is 15.9. The van der Waals surface area contributed by atoms with Gasteiger partial charge >= 0.3 is 5.97 Å². The number of ether oxygens (including phenoxy) is 2. The van der Waals surface area contributed by atoms with Gasteiger partial charge in [-0.15, -0.1) is 0 Å². The van der Waals surface area contributed by atoms with Crippen LogP contribution in [0.1, 0.15) is 40.4 Å². The Labute approximate surface area is 205 Å². The molecular weight excluding hydrogens is 498 g/mol. The molecule has 0 radical (unpaired) electrons. The lowest BCUT2D eigenvalue weighted by atomic mass is 10.0. The van der Waals surface area contributed by atoms with Crippen molar-refractivity contribution in [3.8, 4) is 17.0 Å². The van der Waals surface area contributed by atoms with Crippen molar-refractivity contribution in [1.29, 1.82) is 0 Å². The Bertz CT molecular complexity index is 1510. The Hall–Kier alpha value is -3.15. The van der Waals surface area contributed by atoms with Crippen LogP contribution in [0.4, 0.5) is 0 Å². The lowest BCUT2D eigenvalue weighted by Gasteiger charge is -2.25. The molecule has 3 heterocycles. The van der Waals surface area contributed by atoms with E-state index < -0.39 is 32.7 Å². The summed E-state index contributed by atoms with van der Waals surface area (Å²) in [5, 5.41) is 13.9. The number of methoxy groups -OCH3 is 1. The van der Waals surface area contributed by atoms with E-state index in [-0.39, 0.29) is 39.4 Å². The van der Waals surface area contributed by atoms with Gasteiger partial charge in [0.15, 0.2) is 9.84 Å². The molecule has 3 aromatic rings. The first-order valence-electron chi connectivity index (χ1n) is 10.9. The van der Waals surface area contributed by atoms with E-state index in [2.05, 4.69) is 5.10 Å². The second-order valence-corrected chi connectivity index (χ2v) is 10.9. The third-order valence-electron chi connectivity index (χ3n) is 6.03. The zero-order valence-corrected chi connectivity index (χ0v) is 20.3. The van der Waals surface area contributed by atoms with Gasteiger partial charge in [0.1, 0.15) is 17.9 Å². The monoisotopic (exact) mass is 519 g/mol. The molecular formula is C23H22ClN3O7S. The molecule has 0 atom stereocenters. The van der Waals surface area contributed by atoms with Crippen LogP contribution in [0.5, 0.6) is 5.75 Å². The molecule has 1 aliphatic heterocycles. The highest BCUT2D eigenvalue weighted by molar-refractivity contribution is 7.90. The lowest BCUT2D eigenvalue weighted by Crippen LogP contribution is -2.30. The summed E-state index contributed by atoms with van der Waals surface area (Å²) < 4.78 is 40.3. The van der Waals surface area contributed by atoms with E-state index in [1.165, 1.54) is 22.8 Å². The number of halogens is 1. The molecule has 1 fully saturated rings. The van der Waals surface area contributed by atoms with Crippen molar-refractivity contribution in [2.24, 2.45) is 0 Å². The molecule has 0 unspecified atom stereocenters. The van der Waals surface area contributed by atoms with Gasteiger partial charge in [-0.3, -0.25) is 9.48 Å². The fourth-order valence-electron chi connectivity index (χ4n) is 4.26. The van der Waals surface area contributed by atoms with Crippen molar-refractivity contribution in [2.75, 3.05) is 13.7 Å². The number of sulfone groups is 1. The number of aromatic carboxylic acids is 1. The van der Waals surface area contributed by atoms with Crippen LogP contribution < -0.4 is 10.3 Å². The average molecular weight is 520 g/mol. The topological polar surface area (TPSA) is 130 Å². The maximum absolute atomic E-state index is 13.2. The van der Waals surface area contributed by atoms with Crippen LogP contribution in [0, 0.1) is 0 Å². The maximum atomic E-state index is 13.2. The van der Waals surface area contributed by atoms with Gasteiger partial charge in [-0.2, -0.15) is 5.10 Å². The summed E-state index contributed by atoms with van der Waals surface area (Å²) >= 11 is 6.49. The average Bonchev–Trinajstić information content (AvgIpc) is 3.54. The molecule has 0 saturated heterocycles. The van der Waals surface area contributed by atoms with E-state index in [1.807, 2.05) is 0 Å². The number of hydrogen-bond donors (Lipinski definition) is 1. The number of carboxylic acid groups (broad SMARTS) is 1. The van der Waals surface area contributed by atoms with Crippen LogP contribution in [-0.2, 0) is 33.5 Å². The van der Waals surface area contributed by atoms with Gasteiger partial charge < -0.3 is 19.1 Å². The van der Waals surface area contributed by atoms with Crippen molar-refractivity contribution in [1.82, 2.24) is 14.3 Å². The molecule has 5 rings (SSSR count). The first-order valence-corrected chi connectivity index (χ1v) is 12.9. The van der Waals surface area contributed by atoms with Crippen molar-refractivity contribution in [2.45, 2.75) is 42.7 Å². The minimum atomic E-state index is -3.84. The van der Waals surface area contributed by atoms with Crippen LogP contribution in [0.2, 0.25) is 5.02 Å². The predicted molar refractivity (Wildman–Crippen MR) is 126 cm³/mol. The minimum absolute atomic E-state index is 0.00272. The van der Waals surface area contributed by atoms with E-state index in [0.29, 0.717) is 31.7 Å². The molecule has 0 bridgehead atoms. The molecule has 10 nitrogen and oxygen atoms in total. The molecule has 184 valence electrons. The Morgan fingerprint density at radius 3 is 2.74 bits per heavy atom. The number of hydrogen-bond acceptors (Lipinski definition) is 7. The molecule has 12 heteroatoms. The van der Waals surface area contributed by atoms with Gasteiger partial charge in [-0.05, 0) is 30.5 Å². The number of aromatic nitrogens is 3. The lowest BCUT2D eigenvalue weighted by molar-refractivity contribution is 0.0694. The number of fused-ring (bicyclic) bond motifs is 3. The summed E-state index contributed by atoms with van der Waals surface area (Å²) in [7, 11) is -2.23. The van der Waals surface area contributed by atoms with Crippen LogP contribution >= 0.6 is 11.6 Å². The number of rotatable bonds is 8. The van der Waals surface area contributed by atoms with E-state index in [0.717, 1.165) is 5.56 Å². The fraction of sp³-hybridized carbons (Fsp3) is 0.348. The second kappa shape index (κ2) is 8.81. The molecule has 2 aromatic heterocycles. The van der Waals surface area contributed by atoms with E-state index >= 15 is 0 Å². The third-order valence-corrected chi connectivity index (χ3v) is 8.02. The maximum Gasteiger partial charge on any atom is 0.341 e. The zero-order valence-electron chi connectivity index (χ0n) is 18.7. The summed E-state index contributed by atoms with van der Waals surface area (Å²) in [5.74, 6) is -1.62. The number of carbonyl (C=O) groups is 1. The van der Waals surface area contributed by atoms with Gasteiger partial charge in [0.05, 0.1) is 40.7 Å². The Kier molecular flexibility index (Phi) is 5.94. The highest BCUT2D eigenvalue weighted by atomic mass is 35.5. The Morgan fingerprint density at radius 2 is 2.06 bits per heavy atom. The molecule has 2 aliphatic rings. The first kappa shape index (κ1) is 23.6. The van der Waals surface area contributed by atoms with Crippen LogP contribution in [-0.4, -0.2) is 47.6 Å². The van der Waals surface area contributed by atoms with Crippen LogP contribution in [0.3, 0.4) is 0 Å². The largest absolute Gasteiger partial charge is 0.487 e. The predicted octanol–water partition coefficient (Wildman–Crippen LogP) is 2.91. The Morgan fingerprint density at radius 1 is 1.29 bits per heavy atom. The number of pyridine rings is 1. The highest BCUT2D eigenvalue weighted by Gasteiger charge is 2.37. The fourth-order valence-corrected chi connectivity index (χ4v) is 6.04. The molecule has 1 aliphatic carbocycles. The van der Waals surface area contributed by atoms with Crippen LogP contribution in [0.15, 0.2) is 40.3 Å². The van der Waals surface area contributed by atoms with Gasteiger partial charge in [-0.1, -0.05) is 11.6 Å². The van der Waals surface area contributed by atoms with Crippen LogP contribution in [0.25, 0.3) is 11.3 Å². The van der Waals surface area contributed by atoms with E-state index in [4.69, 9.17) is 21.1 Å². The summed E-state index contributed by atoms with van der Waals surface area (Å²) in [6.45, 7) is 1.22. The summed E-state index contributed by atoms with van der Waals surface area (Å²) in [4.78, 5) is 24.6. The summed E-state index contributed by atoms with van der Waals surface area (Å²) in [6.07, 6.45) is 4.87. The quantitative estimate of drug-likeness (QED) is 0.481. The first-order chi connectivity index (χ1) is 16.7. The number of benzene rings is 1. The minimum Gasteiger partial charge on any atom is -0.487 e. The SMILES string of the molecule is COCCn1cc(COc2cc3c(cc2Cl)-c2c(cc(C(=O)O)c(=O)n2C2CC2)CS3(=O)=O)cn1. The van der Waals surface area contributed by atoms with Gasteiger partial charge in [0.25, 0.3) is 5.56 Å². The second-order valence-electron chi connectivity index (χ2n) is 8.57. The molecule has 0 spiro atoms. The zero-order chi connectivity index (χ0) is 24.9.